The lowest BCUT2D eigenvalue weighted by Crippen LogP contribution is -2.07. The number of aryl methyl sites for hydroxylation is 1. The fraction of sp³-hybridized carbons (Fsp3) is 0.400. The van der Waals surface area contributed by atoms with E-state index < -0.39 is 0 Å². The van der Waals surface area contributed by atoms with Gasteiger partial charge in [-0.1, -0.05) is 6.92 Å². The molecule has 0 fully saturated rings. The first-order valence-electron chi connectivity index (χ1n) is 4.96. The molecule has 0 aliphatic heterocycles. The van der Waals surface area contributed by atoms with Gasteiger partial charge in [0.15, 0.2) is 0 Å². The van der Waals surface area contributed by atoms with Crippen LogP contribution in [0.5, 0.6) is 0 Å². The van der Waals surface area contributed by atoms with E-state index in [0.717, 1.165) is 23.1 Å². The van der Waals surface area contributed by atoms with Crippen molar-refractivity contribution in [3.05, 3.63) is 34.2 Å². The van der Waals surface area contributed by atoms with Crippen LogP contribution >= 0.6 is 22.6 Å². The summed E-state index contributed by atoms with van der Waals surface area (Å²) in [5.74, 6) is 0. The van der Waals surface area contributed by atoms with Gasteiger partial charge in [0.1, 0.15) is 0 Å². The summed E-state index contributed by atoms with van der Waals surface area (Å²) in [4.78, 5) is 4.16. The van der Waals surface area contributed by atoms with Gasteiger partial charge in [-0.3, -0.25) is 4.68 Å². The molecule has 0 spiro atoms. The van der Waals surface area contributed by atoms with Gasteiger partial charge in [0.25, 0.3) is 0 Å². The summed E-state index contributed by atoms with van der Waals surface area (Å²) in [6.45, 7) is 3.98. The van der Waals surface area contributed by atoms with Gasteiger partial charge in [0.2, 0.25) is 0 Å². The molecule has 0 aromatic carbocycles. The van der Waals surface area contributed by atoms with Crippen molar-refractivity contribution in [3.63, 3.8) is 0 Å². The molecule has 0 N–H and O–H groups in total. The molecule has 0 amide bonds. The lowest BCUT2D eigenvalue weighted by molar-refractivity contribution is 0.596. The number of hydrogen-bond acceptors (Lipinski definition) is 2. The Bertz CT molecular complexity index is 432. The Balaban J connectivity index is 2.13. The minimum Gasteiger partial charge on any atom is -0.333 e. The predicted octanol–water partition coefficient (Wildman–Crippen LogP) is 2.14. The highest BCUT2D eigenvalue weighted by Crippen LogP contribution is 2.06. The van der Waals surface area contributed by atoms with Crippen LogP contribution in [0.1, 0.15) is 19.0 Å². The van der Waals surface area contributed by atoms with Gasteiger partial charge in [-0.25, -0.2) is 4.98 Å². The largest absolute Gasteiger partial charge is 0.333 e. The monoisotopic (exact) mass is 316 g/mol. The minimum absolute atomic E-state index is 0.795. The molecular formula is C10H13IN4. The van der Waals surface area contributed by atoms with Crippen LogP contribution in [0, 0.1) is 3.57 Å². The van der Waals surface area contributed by atoms with Crippen molar-refractivity contribution in [2.75, 3.05) is 0 Å². The summed E-state index contributed by atoms with van der Waals surface area (Å²) in [6, 6.07) is 0. The van der Waals surface area contributed by atoms with Crippen LogP contribution in [-0.2, 0) is 13.1 Å². The predicted molar refractivity (Wildman–Crippen MR) is 66.6 cm³/mol. The first kappa shape index (κ1) is 10.7. The lowest BCUT2D eigenvalue weighted by atomic mass is 10.4. The van der Waals surface area contributed by atoms with E-state index in [0.29, 0.717) is 0 Å². The quantitative estimate of drug-likeness (QED) is 0.810. The Hall–Kier alpha value is -0.850. The van der Waals surface area contributed by atoms with E-state index in [9.17, 15) is 0 Å². The third-order valence-electron chi connectivity index (χ3n) is 2.19. The molecule has 0 radical (unpaired) electrons. The molecular weight excluding hydrogens is 303 g/mol. The van der Waals surface area contributed by atoms with E-state index >= 15 is 0 Å². The topological polar surface area (TPSA) is 35.6 Å². The smallest absolute Gasteiger partial charge is 0.0948 e. The normalized spacial score (nSPS) is 10.8. The summed E-state index contributed by atoms with van der Waals surface area (Å²) < 4.78 is 5.27. The van der Waals surface area contributed by atoms with Crippen LogP contribution in [-0.4, -0.2) is 19.3 Å². The zero-order valence-corrected chi connectivity index (χ0v) is 10.8. The van der Waals surface area contributed by atoms with Crippen LogP contribution in [0.15, 0.2) is 24.9 Å². The van der Waals surface area contributed by atoms with Crippen molar-refractivity contribution in [1.82, 2.24) is 19.3 Å². The van der Waals surface area contributed by atoms with Crippen molar-refractivity contribution < 1.29 is 0 Å². The molecule has 0 aliphatic carbocycles. The van der Waals surface area contributed by atoms with Gasteiger partial charge in [-0.05, 0) is 29.0 Å². The number of nitrogens with zero attached hydrogens (tertiary/aromatic N) is 4. The summed E-state index contributed by atoms with van der Waals surface area (Å²) in [5, 5.41) is 4.26. The van der Waals surface area contributed by atoms with Crippen LogP contribution in [0.3, 0.4) is 0 Å². The van der Waals surface area contributed by atoms with Gasteiger partial charge in [0.05, 0.1) is 34.5 Å². The summed E-state index contributed by atoms with van der Waals surface area (Å²) in [7, 11) is 0. The molecule has 0 saturated heterocycles. The molecule has 5 heteroatoms. The van der Waals surface area contributed by atoms with E-state index in [1.807, 2.05) is 29.6 Å². The van der Waals surface area contributed by atoms with Crippen molar-refractivity contribution >= 4 is 22.6 Å². The Morgan fingerprint density at radius 2 is 2.27 bits per heavy atom. The summed E-state index contributed by atoms with van der Waals surface area (Å²) in [5.41, 5.74) is 1.20. The van der Waals surface area contributed by atoms with Crippen LogP contribution < -0.4 is 0 Å². The van der Waals surface area contributed by atoms with Gasteiger partial charge < -0.3 is 4.57 Å². The fourth-order valence-corrected chi connectivity index (χ4v) is 1.96. The molecule has 80 valence electrons. The van der Waals surface area contributed by atoms with E-state index in [1.165, 1.54) is 5.69 Å². The zero-order valence-electron chi connectivity index (χ0n) is 8.60. The Morgan fingerprint density at radius 3 is 2.93 bits per heavy atom. The molecule has 2 heterocycles. The van der Waals surface area contributed by atoms with Crippen molar-refractivity contribution in [3.8, 4) is 0 Å². The maximum absolute atomic E-state index is 4.26. The number of imidazole rings is 1. The molecule has 2 rings (SSSR count). The van der Waals surface area contributed by atoms with Crippen molar-refractivity contribution in [2.24, 2.45) is 0 Å². The average molecular weight is 316 g/mol. The molecule has 4 nitrogen and oxygen atoms in total. The number of aromatic nitrogens is 4. The fourth-order valence-electron chi connectivity index (χ4n) is 1.51. The molecule has 0 bridgehead atoms. The molecule has 0 unspecified atom stereocenters. The highest BCUT2D eigenvalue weighted by Gasteiger charge is 2.03. The van der Waals surface area contributed by atoms with Gasteiger partial charge in [-0.15, -0.1) is 0 Å². The molecule has 2 aromatic rings. The van der Waals surface area contributed by atoms with E-state index in [4.69, 9.17) is 0 Å². The number of halogens is 1. The lowest BCUT2D eigenvalue weighted by Gasteiger charge is -2.06. The third kappa shape index (κ3) is 2.58. The zero-order chi connectivity index (χ0) is 10.7. The Labute approximate surface area is 102 Å². The number of rotatable bonds is 4. The van der Waals surface area contributed by atoms with Gasteiger partial charge in [-0.2, -0.15) is 5.10 Å². The maximum atomic E-state index is 4.26. The van der Waals surface area contributed by atoms with E-state index in [-0.39, 0.29) is 0 Å². The first-order valence-corrected chi connectivity index (χ1v) is 6.04. The minimum atomic E-state index is 0.795. The first-order chi connectivity index (χ1) is 7.29. The van der Waals surface area contributed by atoms with E-state index in [2.05, 4.69) is 44.2 Å². The average Bonchev–Trinajstić information content (AvgIpc) is 2.78. The van der Waals surface area contributed by atoms with E-state index in [1.54, 1.807) is 0 Å². The second-order valence-electron chi connectivity index (χ2n) is 3.43. The second-order valence-corrected chi connectivity index (χ2v) is 4.68. The molecule has 0 aliphatic rings. The second kappa shape index (κ2) is 4.78. The molecule has 0 atom stereocenters. The number of hydrogen-bond donors (Lipinski definition) is 0. The Kier molecular flexibility index (Phi) is 3.40. The molecule has 15 heavy (non-hydrogen) atoms. The highest BCUT2D eigenvalue weighted by molar-refractivity contribution is 14.1. The van der Waals surface area contributed by atoms with Crippen molar-refractivity contribution in [1.29, 1.82) is 0 Å². The third-order valence-corrected chi connectivity index (χ3v) is 2.75. The molecule has 2 aromatic heterocycles. The van der Waals surface area contributed by atoms with Crippen LogP contribution in [0.4, 0.5) is 0 Å². The van der Waals surface area contributed by atoms with Crippen LogP contribution in [0.25, 0.3) is 0 Å². The van der Waals surface area contributed by atoms with Crippen molar-refractivity contribution in [2.45, 2.75) is 26.4 Å². The SMILES string of the molecule is CCCn1cncc1Cn1cc(I)cn1. The Morgan fingerprint density at radius 1 is 1.40 bits per heavy atom. The highest BCUT2D eigenvalue weighted by atomic mass is 127. The van der Waals surface area contributed by atoms with Crippen LogP contribution in [0.2, 0.25) is 0 Å². The van der Waals surface area contributed by atoms with Gasteiger partial charge >= 0.3 is 0 Å². The maximum Gasteiger partial charge on any atom is 0.0948 e. The molecule has 0 saturated carbocycles. The standard InChI is InChI=1S/C10H13IN4/c1-2-3-14-8-12-5-10(14)7-15-6-9(11)4-13-15/h4-6,8H,2-3,7H2,1H3. The summed E-state index contributed by atoms with van der Waals surface area (Å²) >= 11 is 2.26. The van der Waals surface area contributed by atoms with Gasteiger partial charge in [0, 0.05) is 12.7 Å². The summed E-state index contributed by atoms with van der Waals surface area (Å²) in [6.07, 6.45) is 8.81.